The van der Waals surface area contributed by atoms with E-state index in [2.05, 4.69) is 11.2 Å². The summed E-state index contributed by atoms with van der Waals surface area (Å²) in [6.45, 7) is 3.97. The van der Waals surface area contributed by atoms with Crippen LogP contribution in [0.3, 0.4) is 0 Å². The van der Waals surface area contributed by atoms with Gasteiger partial charge in [0.05, 0.1) is 5.54 Å². The molecule has 0 saturated heterocycles. The number of terminal acetylenes is 1. The Bertz CT molecular complexity index is 343. The van der Waals surface area contributed by atoms with Gasteiger partial charge in [-0.2, -0.15) is 0 Å². The van der Waals surface area contributed by atoms with Gasteiger partial charge in [-0.25, -0.2) is 0 Å². The molecule has 0 aromatic heterocycles. The molecule has 1 amide bonds. The van der Waals surface area contributed by atoms with Gasteiger partial charge in [-0.1, -0.05) is 0 Å². The topological polar surface area (TPSA) is 101 Å². The summed E-state index contributed by atoms with van der Waals surface area (Å²) in [5, 5.41) is 2.66. The van der Waals surface area contributed by atoms with Crippen molar-refractivity contribution < 1.29 is 9.59 Å². The lowest BCUT2D eigenvalue weighted by Crippen LogP contribution is -2.58. The average Bonchev–Trinajstić information content (AvgIpc) is 2.27. The summed E-state index contributed by atoms with van der Waals surface area (Å²) >= 11 is 0. The summed E-state index contributed by atoms with van der Waals surface area (Å²) in [7, 11) is 1.67. The monoisotopic (exact) mass is 254 g/mol. The number of carbonyl (C=O) groups is 2. The average molecular weight is 254 g/mol. The van der Waals surface area contributed by atoms with E-state index in [9.17, 15) is 9.59 Å². The molecule has 0 rings (SSSR count). The third kappa shape index (κ3) is 4.84. The molecule has 0 aromatic carbocycles. The van der Waals surface area contributed by atoms with Crippen LogP contribution in [0.25, 0.3) is 0 Å². The first-order valence-corrected chi connectivity index (χ1v) is 5.64. The molecule has 6 nitrogen and oxygen atoms in total. The molecule has 0 heterocycles. The second-order valence-electron chi connectivity index (χ2n) is 4.89. The molecule has 0 aliphatic carbocycles. The Kier molecular flexibility index (Phi) is 5.98. The van der Waals surface area contributed by atoms with E-state index in [1.165, 1.54) is 0 Å². The maximum Gasteiger partial charge on any atom is 0.239 e. The van der Waals surface area contributed by atoms with Gasteiger partial charge >= 0.3 is 0 Å². The number of aldehydes is 1. The van der Waals surface area contributed by atoms with E-state index < -0.39 is 11.2 Å². The molecule has 1 atom stereocenters. The van der Waals surface area contributed by atoms with Gasteiger partial charge in [-0.3, -0.25) is 14.5 Å². The van der Waals surface area contributed by atoms with Crippen molar-refractivity contribution in [3.63, 3.8) is 0 Å². The molecule has 0 spiro atoms. The van der Waals surface area contributed by atoms with Gasteiger partial charge in [0.1, 0.15) is 5.66 Å². The van der Waals surface area contributed by atoms with E-state index in [0.717, 1.165) is 0 Å². The Morgan fingerprint density at radius 2 is 2.06 bits per heavy atom. The smallest absolute Gasteiger partial charge is 0.239 e. The van der Waals surface area contributed by atoms with E-state index in [1.807, 2.05) is 0 Å². The summed E-state index contributed by atoms with van der Waals surface area (Å²) in [4.78, 5) is 24.0. The molecule has 0 aromatic rings. The van der Waals surface area contributed by atoms with Crippen LogP contribution in [0.1, 0.15) is 20.3 Å². The van der Waals surface area contributed by atoms with Crippen LogP contribution in [-0.2, 0) is 9.59 Å². The largest absolute Gasteiger partial charge is 0.353 e. The minimum atomic E-state index is -1.20. The van der Waals surface area contributed by atoms with Gasteiger partial charge in [-0.05, 0) is 20.9 Å². The van der Waals surface area contributed by atoms with E-state index in [1.54, 1.807) is 25.8 Å². The predicted octanol–water partition coefficient (Wildman–Crippen LogP) is -1.35. The Morgan fingerprint density at radius 1 is 1.50 bits per heavy atom. The molecule has 0 radical (unpaired) electrons. The molecule has 0 fully saturated rings. The van der Waals surface area contributed by atoms with Gasteiger partial charge < -0.3 is 16.8 Å². The lowest BCUT2D eigenvalue weighted by atomic mass is 10.1. The number of nitrogens with zero attached hydrogens (tertiary/aromatic N) is 1. The van der Waals surface area contributed by atoms with Crippen molar-refractivity contribution in [2.24, 2.45) is 11.5 Å². The van der Waals surface area contributed by atoms with Crippen LogP contribution in [0.4, 0.5) is 0 Å². The fourth-order valence-corrected chi connectivity index (χ4v) is 1.20. The molecule has 6 heteroatoms. The number of nitrogens with one attached hydrogen (secondary N) is 1. The highest BCUT2D eigenvalue weighted by atomic mass is 16.2. The Balaban J connectivity index is 4.27. The number of likely N-dealkylation sites (N-methyl/N-ethyl adjacent to an activating group) is 1. The van der Waals surface area contributed by atoms with E-state index in [0.29, 0.717) is 19.4 Å². The molecule has 0 aliphatic heterocycles. The fraction of sp³-hybridized carbons (Fsp3) is 0.667. The van der Waals surface area contributed by atoms with Crippen molar-refractivity contribution in [1.82, 2.24) is 10.2 Å². The minimum absolute atomic E-state index is 0.114. The number of amides is 1. The van der Waals surface area contributed by atoms with Crippen molar-refractivity contribution >= 4 is 12.2 Å². The zero-order valence-electron chi connectivity index (χ0n) is 11.2. The van der Waals surface area contributed by atoms with E-state index >= 15 is 0 Å². The quantitative estimate of drug-likeness (QED) is 0.296. The summed E-state index contributed by atoms with van der Waals surface area (Å²) in [6.07, 6.45) is 5.89. The third-order valence-electron chi connectivity index (χ3n) is 2.62. The number of carbonyl (C=O) groups excluding carboxylic acids is 2. The van der Waals surface area contributed by atoms with Crippen LogP contribution in [0, 0.1) is 12.3 Å². The Labute approximate surface area is 108 Å². The molecule has 0 bridgehead atoms. The lowest BCUT2D eigenvalue weighted by molar-refractivity contribution is -0.125. The maximum absolute atomic E-state index is 11.5. The molecule has 102 valence electrons. The zero-order valence-corrected chi connectivity index (χ0v) is 11.2. The normalized spacial score (nSPS) is 14.7. The summed E-state index contributed by atoms with van der Waals surface area (Å²) in [5.74, 6) is 2.10. The van der Waals surface area contributed by atoms with Crippen LogP contribution in [-0.4, -0.2) is 48.4 Å². The number of rotatable bonds is 7. The second kappa shape index (κ2) is 6.50. The molecule has 1 unspecified atom stereocenters. The highest BCUT2D eigenvalue weighted by molar-refractivity contribution is 5.84. The van der Waals surface area contributed by atoms with Crippen LogP contribution < -0.4 is 16.8 Å². The van der Waals surface area contributed by atoms with Gasteiger partial charge in [0.2, 0.25) is 5.91 Å². The summed E-state index contributed by atoms with van der Waals surface area (Å²) in [6, 6.07) is 0. The standard InChI is InChI=1S/C12H22N4O2/c1-5-6-12(14,9-17)16(4)8-7-15-10(18)11(2,3)13/h1,9H,6-8,13-14H2,2-4H3,(H,15,18). The lowest BCUT2D eigenvalue weighted by Gasteiger charge is -2.32. The molecule has 5 N–H and O–H groups in total. The fourth-order valence-electron chi connectivity index (χ4n) is 1.20. The van der Waals surface area contributed by atoms with E-state index in [-0.39, 0.29) is 12.3 Å². The van der Waals surface area contributed by atoms with Gasteiger partial charge in [0.15, 0.2) is 6.29 Å². The highest BCUT2D eigenvalue weighted by Gasteiger charge is 2.28. The van der Waals surface area contributed by atoms with Crippen LogP contribution >= 0.6 is 0 Å². The molecule has 0 aliphatic rings. The van der Waals surface area contributed by atoms with E-state index in [4.69, 9.17) is 17.9 Å². The molecular weight excluding hydrogens is 232 g/mol. The second-order valence-corrected chi connectivity index (χ2v) is 4.89. The molecule has 0 saturated carbocycles. The summed E-state index contributed by atoms with van der Waals surface area (Å²) < 4.78 is 0. The van der Waals surface area contributed by atoms with Gasteiger partial charge in [-0.15, -0.1) is 12.3 Å². The number of nitrogens with two attached hydrogens (primary N) is 2. The van der Waals surface area contributed by atoms with Crippen molar-refractivity contribution in [2.75, 3.05) is 20.1 Å². The van der Waals surface area contributed by atoms with Gasteiger partial charge in [0.25, 0.3) is 0 Å². The zero-order chi connectivity index (χ0) is 14.4. The van der Waals surface area contributed by atoms with Crippen molar-refractivity contribution in [3.05, 3.63) is 0 Å². The number of hydrogen-bond acceptors (Lipinski definition) is 5. The first kappa shape index (κ1) is 16.6. The van der Waals surface area contributed by atoms with Crippen LogP contribution in [0.5, 0.6) is 0 Å². The first-order valence-electron chi connectivity index (χ1n) is 5.64. The van der Waals surface area contributed by atoms with Crippen molar-refractivity contribution in [1.29, 1.82) is 0 Å². The third-order valence-corrected chi connectivity index (χ3v) is 2.62. The predicted molar refractivity (Wildman–Crippen MR) is 70.3 cm³/mol. The maximum atomic E-state index is 11.5. The van der Waals surface area contributed by atoms with Crippen molar-refractivity contribution in [3.8, 4) is 12.3 Å². The highest BCUT2D eigenvalue weighted by Crippen LogP contribution is 2.07. The first-order chi connectivity index (χ1) is 8.17. The SMILES string of the molecule is C#CCC(N)(C=O)N(C)CCNC(=O)C(C)(C)N. The van der Waals surface area contributed by atoms with Crippen LogP contribution in [0.15, 0.2) is 0 Å². The number of hydrogen-bond donors (Lipinski definition) is 3. The Morgan fingerprint density at radius 3 is 2.44 bits per heavy atom. The van der Waals surface area contributed by atoms with Crippen molar-refractivity contribution in [2.45, 2.75) is 31.5 Å². The summed E-state index contributed by atoms with van der Waals surface area (Å²) in [5.41, 5.74) is 9.33. The minimum Gasteiger partial charge on any atom is -0.353 e. The van der Waals surface area contributed by atoms with Gasteiger partial charge in [0, 0.05) is 19.5 Å². The molecule has 18 heavy (non-hydrogen) atoms. The molecular formula is C12H22N4O2. The Hall–Kier alpha value is -1.42. The van der Waals surface area contributed by atoms with Crippen LogP contribution in [0.2, 0.25) is 0 Å².